The molecule has 0 N–H and O–H groups in total. The summed E-state index contributed by atoms with van der Waals surface area (Å²) >= 11 is 13.3. The zero-order valence-electron chi connectivity index (χ0n) is 11.4. The number of benzene rings is 1. The molecule has 0 unspecified atom stereocenters. The first-order valence-electron chi connectivity index (χ1n) is 6.62. The van der Waals surface area contributed by atoms with Crippen LogP contribution in [0.25, 0.3) is 5.57 Å². The van der Waals surface area contributed by atoms with Gasteiger partial charge in [0.2, 0.25) is 0 Å². The lowest BCUT2D eigenvalue weighted by Gasteiger charge is -2.14. The van der Waals surface area contributed by atoms with Gasteiger partial charge in [-0.2, -0.15) is 0 Å². The molecule has 2 amide bonds. The van der Waals surface area contributed by atoms with Crippen LogP contribution in [0, 0.1) is 0 Å². The highest BCUT2D eigenvalue weighted by molar-refractivity contribution is 7.11. The number of nitrogens with zero attached hydrogens (tertiary/aromatic N) is 1. The lowest BCUT2D eigenvalue weighted by molar-refractivity contribution is -0.136. The van der Waals surface area contributed by atoms with E-state index in [1.54, 1.807) is 18.2 Å². The van der Waals surface area contributed by atoms with Crippen molar-refractivity contribution in [3.8, 4) is 0 Å². The number of amides is 2. The summed E-state index contributed by atoms with van der Waals surface area (Å²) in [4.78, 5) is 26.6. The minimum atomic E-state index is -0.427. The van der Waals surface area contributed by atoms with Gasteiger partial charge < -0.3 is 0 Å². The highest BCUT2D eigenvalue weighted by Crippen LogP contribution is 2.33. The topological polar surface area (TPSA) is 37.4 Å². The van der Waals surface area contributed by atoms with Crippen LogP contribution in [-0.2, 0) is 16.0 Å². The minimum Gasteiger partial charge on any atom is -0.273 e. The second-order valence-corrected chi connectivity index (χ2v) is 6.57. The first-order valence-corrected chi connectivity index (χ1v) is 8.26. The summed E-state index contributed by atoms with van der Waals surface area (Å²) in [6.45, 7) is 0.296. The number of carbonyl (C=O) groups is 2. The Labute approximate surface area is 141 Å². The molecule has 2 aromatic rings. The predicted octanol–water partition coefficient (Wildman–Crippen LogP) is 3.96. The van der Waals surface area contributed by atoms with Gasteiger partial charge in [-0.25, -0.2) is 0 Å². The number of thiophene rings is 1. The van der Waals surface area contributed by atoms with Crippen molar-refractivity contribution in [1.82, 2.24) is 4.90 Å². The van der Waals surface area contributed by atoms with Crippen LogP contribution >= 0.6 is 34.5 Å². The third-order valence-corrected chi connectivity index (χ3v) is 4.91. The van der Waals surface area contributed by atoms with Crippen molar-refractivity contribution in [1.29, 1.82) is 0 Å². The average Bonchev–Trinajstić information content (AvgIpc) is 3.09. The van der Waals surface area contributed by atoms with Gasteiger partial charge in [-0.1, -0.05) is 41.4 Å². The molecule has 0 fully saturated rings. The molecule has 0 atom stereocenters. The van der Waals surface area contributed by atoms with Gasteiger partial charge in [-0.15, -0.1) is 11.3 Å². The molecular formula is C16H11Cl2NO2S. The molecule has 2 heterocycles. The molecule has 22 heavy (non-hydrogen) atoms. The Morgan fingerprint density at radius 3 is 2.36 bits per heavy atom. The van der Waals surface area contributed by atoms with Crippen LogP contribution in [-0.4, -0.2) is 23.3 Å². The van der Waals surface area contributed by atoms with Gasteiger partial charge in [0.1, 0.15) is 5.03 Å². The van der Waals surface area contributed by atoms with Crippen molar-refractivity contribution in [3.05, 3.63) is 62.3 Å². The van der Waals surface area contributed by atoms with E-state index in [9.17, 15) is 9.59 Å². The molecule has 6 heteroatoms. The summed E-state index contributed by atoms with van der Waals surface area (Å²) < 4.78 is 0. The van der Waals surface area contributed by atoms with Gasteiger partial charge in [0, 0.05) is 16.4 Å². The van der Waals surface area contributed by atoms with Crippen LogP contribution in [0.5, 0.6) is 0 Å². The van der Waals surface area contributed by atoms with Gasteiger partial charge >= 0.3 is 0 Å². The van der Waals surface area contributed by atoms with E-state index in [1.165, 1.54) is 16.2 Å². The van der Waals surface area contributed by atoms with E-state index in [2.05, 4.69) is 0 Å². The molecule has 0 aliphatic carbocycles. The normalized spacial score (nSPS) is 15.1. The minimum absolute atomic E-state index is 0.00329. The first-order chi connectivity index (χ1) is 10.6. The fourth-order valence-electron chi connectivity index (χ4n) is 2.28. The Kier molecular flexibility index (Phi) is 4.34. The maximum Gasteiger partial charge on any atom is 0.273 e. The summed E-state index contributed by atoms with van der Waals surface area (Å²) in [6, 6.07) is 10.9. The summed E-state index contributed by atoms with van der Waals surface area (Å²) in [5, 5.41) is 2.51. The Morgan fingerprint density at radius 1 is 1.00 bits per heavy atom. The molecule has 0 bridgehead atoms. The number of hydrogen-bond acceptors (Lipinski definition) is 3. The van der Waals surface area contributed by atoms with Gasteiger partial charge in [0.25, 0.3) is 11.8 Å². The highest BCUT2D eigenvalue weighted by atomic mass is 35.5. The molecule has 0 saturated heterocycles. The molecule has 112 valence electrons. The summed E-state index contributed by atoms with van der Waals surface area (Å²) in [5.74, 6) is -0.754. The average molecular weight is 352 g/mol. The molecule has 3 rings (SSSR count). The molecule has 0 radical (unpaired) electrons. The van der Waals surface area contributed by atoms with E-state index >= 15 is 0 Å². The number of hydrogen-bond donors (Lipinski definition) is 0. The fraction of sp³-hybridized carbons (Fsp3) is 0.125. The van der Waals surface area contributed by atoms with Crippen LogP contribution in [0.1, 0.15) is 10.4 Å². The second-order valence-electron chi connectivity index (χ2n) is 4.80. The molecule has 0 spiro atoms. The van der Waals surface area contributed by atoms with Crippen LogP contribution < -0.4 is 0 Å². The van der Waals surface area contributed by atoms with Crippen molar-refractivity contribution in [3.63, 3.8) is 0 Å². The van der Waals surface area contributed by atoms with Crippen LogP contribution in [0.2, 0.25) is 5.02 Å². The van der Waals surface area contributed by atoms with Crippen molar-refractivity contribution in [2.75, 3.05) is 6.54 Å². The van der Waals surface area contributed by atoms with Gasteiger partial charge in [-0.3, -0.25) is 14.5 Å². The van der Waals surface area contributed by atoms with E-state index in [-0.39, 0.29) is 10.9 Å². The van der Waals surface area contributed by atoms with E-state index in [0.29, 0.717) is 23.6 Å². The molecule has 0 saturated carbocycles. The van der Waals surface area contributed by atoms with Gasteiger partial charge in [0.05, 0.1) is 5.57 Å². The van der Waals surface area contributed by atoms with Gasteiger partial charge in [0.15, 0.2) is 0 Å². The molecule has 1 aromatic heterocycles. The third kappa shape index (κ3) is 2.82. The molecule has 1 aliphatic rings. The number of rotatable bonds is 4. The second kappa shape index (κ2) is 6.24. The largest absolute Gasteiger partial charge is 0.273 e. The summed E-state index contributed by atoms with van der Waals surface area (Å²) in [7, 11) is 0. The molecule has 3 nitrogen and oxygen atoms in total. The van der Waals surface area contributed by atoms with E-state index in [1.807, 2.05) is 23.6 Å². The fourth-order valence-corrected chi connectivity index (χ4v) is 3.51. The van der Waals surface area contributed by atoms with Crippen LogP contribution in [0.3, 0.4) is 0 Å². The first kappa shape index (κ1) is 15.3. The lowest BCUT2D eigenvalue weighted by atomic mass is 10.1. The summed E-state index contributed by atoms with van der Waals surface area (Å²) in [6.07, 6.45) is 0.566. The van der Waals surface area contributed by atoms with E-state index in [0.717, 1.165) is 10.4 Å². The molecular weight excluding hydrogens is 341 g/mol. The number of carbonyl (C=O) groups excluding carboxylic acids is 2. The standard InChI is InChI=1S/C16H11Cl2NO2S/c17-11-5-3-10(4-6-11)7-8-19-15(20)13(14(18)16(19)21)12-2-1-9-22-12/h1-6,9H,7-8H2. The third-order valence-electron chi connectivity index (χ3n) is 3.42. The Balaban J connectivity index is 1.75. The quantitative estimate of drug-likeness (QED) is 0.781. The Hall–Kier alpha value is -1.62. The van der Waals surface area contributed by atoms with Crippen LogP contribution in [0.4, 0.5) is 0 Å². The zero-order valence-corrected chi connectivity index (χ0v) is 13.7. The maximum absolute atomic E-state index is 12.4. The van der Waals surface area contributed by atoms with Crippen molar-refractivity contribution in [2.24, 2.45) is 0 Å². The van der Waals surface area contributed by atoms with Gasteiger partial charge in [-0.05, 0) is 35.6 Å². The zero-order chi connectivity index (χ0) is 15.7. The Bertz CT molecular complexity index is 751. The highest BCUT2D eigenvalue weighted by Gasteiger charge is 2.38. The maximum atomic E-state index is 12.4. The predicted molar refractivity (Wildman–Crippen MR) is 89.0 cm³/mol. The monoisotopic (exact) mass is 351 g/mol. The van der Waals surface area contributed by atoms with Crippen molar-refractivity contribution < 1.29 is 9.59 Å². The van der Waals surface area contributed by atoms with Crippen LogP contribution in [0.15, 0.2) is 46.8 Å². The Morgan fingerprint density at radius 2 is 1.73 bits per heavy atom. The SMILES string of the molecule is O=C1C(Cl)=C(c2cccs2)C(=O)N1CCc1ccc(Cl)cc1. The number of imide groups is 1. The molecule has 1 aliphatic heterocycles. The number of halogens is 2. The molecule has 1 aromatic carbocycles. The lowest BCUT2D eigenvalue weighted by Crippen LogP contribution is -2.33. The van der Waals surface area contributed by atoms with Crippen molar-refractivity contribution in [2.45, 2.75) is 6.42 Å². The van der Waals surface area contributed by atoms with E-state index < -0.39 is 5.91 Å². The smallest absolute Gasteiger partial charge is 0.273 e. The van der Waals surface area contributed by atoms with Crippen molar-refractivity contribution >= 4 is 51.9 Å². The summed E-state index contributed by atoms with van der Waals surface area (Å²) in [5.41, 5.74) is 1.31. The van der Waals surface area contributed by atoms with E-state index in [4.69, 9.17) is 23.2 Å².